The summed E-state index contributed by atoms with van der Waals surface area (Å²) >= 11 is 3.00. The molecule has 0 fully saturated rings. The molecule has 0 saturated heterocycles. The summed E-state index contributed by atoms with van der Waals surface area (Å²) in [5.74, 6) is 0. The topological polar surface area (TPSA) is 110 Å². The largest absolute Gasteiger partial charge is 0.398 e. The zero-order chi connectivity index (χ0) is 12.3. The zero-order valence-corrected chi connectivity index (χ0v) is 9.79. The van der Waals surface area contributed by atoms with E-state index in [1.165, 1.54) is 12.1 Å². The Morgan fingerprint density at radius 1 is 1.50 bits per heavy atom. The lowest BCUT2D eigenvalue weighted by molar-refractivity contribution is -0.385. The van der Waals surface area contributed by atoms with Crippen LogP contribution in [0.1, 0.15) is 11.7 Å². The maximum absolute atomic E-state index is 10.5. The molecule has 7 heteroatoms. The Balaban J connectivity index is 3.11. The highest BCUT2D eigenvalue weighted by atomic mass is 79.9. The van der Waals surface area contributed by atoms with Gasteiger partial charge in [-0.1, -0.05) is 15.9 Å². The lowest BCUT2D eigenvalue weighted by Gasteiger charge is -2.17. The van der Waals surface area contributed by atoms with Crippen LogP contribution in [-0.4, -0.2) is 26.6 Å². The van der Waals surface area contributed by atoms with E-state index in [0.29, 0.717) is 0 Å². The quantitative estimate of drug-likeness (QED) is 0.331. The highest BCUT2D eigenvalue weighted by molar-refractivity contribution is 9.09. The first kappa shape index (κ1) is 12.9. The lowest BCUT2D eigenvalue weighted by atomic mass is 10.0. The van der Waals surface area contributed by atoms with Gasteiger partial charge < -0.3 is 15.9 Å². The summed E-state index contributed by atoms with van der Waals surface area (Å²) in [4.78, 5) is 9.95. The Labute approximate surface area is 100.0 Å². The van der Waals surface area contributed by atoms with E-state index >= 15 is 0 Å². The summed E-state index contributed by atoms with van der Waals surface area (Å²) in [7, 11) is 0. The summed E-state index contributed by atoms with van der Waals surface area (Å²) in [5, 5.41) is 29.8. The van der Waals surface area contributed by atoms with Gasteiger partial charge in [0.15, 0.2) is 0 Å². The van der Waals surface area contributed by atoms with Gasteiger partial charge in [0.1, 0.15) is 6.10 Å². The normalized spacial score (nSPS) is 14.4. The van der Waals surface area contributed by atoms with E-state index in [1.807, 2.05) is 0 Å². The summed E-state index contributed by atoms with van der Waals surface area (Å²) in [6.07, 6.45) is -2.32. The van der Waals surface area contributed by atoms with Gasteiger partial charge in [0.05, 0.1) is 11.0 Å². The third-order valence-electron chi connectivity index (χ3n) is 2.12. The molecule has 2 unspecified atom stereocenters. The summed E-state index contributed by atoms with van der Waals surface area (Å²) in [5.41, 5.74) is 5.76. The van der Waals surface area contributed by atoms with Gasteiger partial charge in [-0.3, -0.25) is 10.1 Å². The van der Waals surface area contributed by atoms with Crippen molar-refractivity contribution in [3.05, 3.63) is 33.9 Å². The molecule has 0 aromatic heterocycles. The Morgan fingerprint density at radius 3 is 2.62 bits per heavy atom. The van der Waals surface area contributed by atoms with Crippen LogP contribution >= 0.6 is 15.9 Å². The van der Waals surface area contributed by atoms with Crippen molar-refractivity contribution >= 4 is 27.3 Å². The Kier molecular flexibility index (Phi) is 4.22. The maximum atomic E-state index is 10.5. The molecule has 0 aliphatic rings. The summed E-state index contributed by atoms with van der Waals surface area (Å²) < 4.78 is 0. The van der Waals surface area contributed by atoms with Crippen LogP contribution in [0.15, 0.2) is 18.2 Å². The Morgan fingerprint density at radius 2 is 2.12 bits per heavy atom. The number of aliphatic hydroxyl groups is 2. The second kappa shape index (κ2) is 5.24. The van der Waals surface area contributed by atoms with Crippen molar-refractivity contribution in [2.24, 2.45) is 0 Å². The van der Waals surface area contributed by atoms with E-state index in [0.717, 1.165) is 6.07 Å². The fourth-order valence-corrected chi connectivity index (χ4v) is 1.58. The lowest BCUT2D eigenvalue weighted by Crippen LogP contribution is -2.20. The van der Waals surface area contributed by atoms with E-state index in [4.69, 9.17) is 5.73 Å². The highest BCUT2D eigenvalue weighted by Gasteiger charge is 2.21. The average molecular weight is 291 g/mol. The number of nitrogen functional groups attached to an aromatic ring is 1. The molecule has 1 aromatic rings. The highest BCUT2D eigenvalue weighted by Crippen LogP contribution is 2.27. The van der Waals surface area contributed by atoms with E-state index in [1.54, 1.807) is 0 Å². The number of halogens is 1. The van der Waals surface area contributed by atoms with Gasteiger partial charge in [0.25, 0.3) is 5.69 Å². The minimum Gasteiger partial charge on any atom is -0.398 e. The number of benzene rings is 1. The summed E-state index contributed by atoms with van der Waals surface area (Å²) in [6, 6.07) is 3.73. The number of non-ortho nitro benzene ring substituents is 1. The van der Waals surface area contributed by atoms with E-state index in [2.05, 4.69) is 15.9 Å². The molecule has 0 amide bonds. The van der Waals surface area contributed by atoms with Crippen LogP contribution in [0.3, 0.4) is 0 Å². The first-order chi connectivity index (χ1) is 7.47. The minimum absolute atomic E-state index is 0.149. The number of alkyl halides is 1. The molecule has 0 spiro atoms. The Bertz CT molecular complexity index is 399. The SMILES string of the molecule is Nc1ccc([N+](=O)[O-])cc1C(O)C(O)CBr. The molecule has 0 bridgehead atoms. The molecule has 0 saturated carbocycles. The predicted molar refractivity (Wildman–Crippen MR) is 62.3 cm³/mol. The molecule has 16 heavy (non-hydrogen) atoms. The number of nitro benzene ring substituents is 1. The van der Waals surface area contributed by atoms with Gasteiger partial charge in [-0.05, 0) is 6.07 Å². The van der Waals surface area contributed by atoms with Crippen molar-refractivity contribution in [3.63, 3.8) is 0 Å². The van der Waals surface area contributed by atoms with Crippen molar-refractivity contribution in [2.75, 3.05) is 11.1 Å². The van der Waals surface area contributed by atoms with Gasteiger partial charge in [0.2, 0.25) is 0 Å². The van der Waals surface area contributed by atoms with E-state index in [-0.39, 0.29) is 22.3 Å². The minimum atomic E-state index is -1.25. The van der Waals surface area contributed by atoms with E-state index in [9.17, 15) is 20.3 Å². The van der Waals surface area contributed by atoms with Crippen molar-refractivity contribution in [1.29, 1.82) is 0 Å². The number of hydrogen-bond acceptors (Lipinski definition) is 5. The second-order valence-corrected chi connectivity index (χ2v) is 3.88. The van der Waals surface area contributed by atoms with Crippen LogP contribution in [-0.2, 0) is 0 Å². The van der Waals surface area contributed by atoms with Crippen LogP contribution in [0.4, 0.5) is 11.4 Å². The molecule has 1 aromatic carbocycles. The maximum Gasteiger partial charge on any atom is 0.269 e. The fourth-order valence-electron chi connectivity index (χ4n) is 1.22. The fraction of sp³-hybridized carbons (Fsp3) is 0.333. The smallest absolute Gasteiger partial charge is 0.269 e. The van der Waals surface area contributed by atoms with Gasteiger partial charge in [-0.25, -0.2) is 0 Å². The standard InChI is InChI=1S/C9H11BrN2O4/c10-4-8(13)9(14)6-3-5(12(15)16)1-2-7(6)11/h1-3,8-9,13-14H,4,11H2. The van der Waals surface area contributed by atoms with Crippen molar-refractivity contribution in [1.82, 2.24) is 0 Å². The third kappa shape index (κ3) is 2.69. The molecular weight excluding hydrogens is 280 g/mol. The van der Waals surface area contributed by atoms with Crippen LogP contribution in [0.5, 0.6) is 0 Å². The van der Waals surface area contributed by atoms with Crippen LogP contribution in [0.25, 0.3) is 0 Å². The second-order valence-electron chi connectivity index (χ2n) is 3.24. The zero-order valence-electron chi connectivity index (χ0n) is 8.21. The number of nitrogens with two attached hydrogens (primary N) is 1. The molecule has 2 atom stereocenters. The molecular formula is C9H11BrN2O4. The average Bonchev–Trinajstić information content (AvgIpc) is 2.27. The van der Waals surface area contributed by atoms with Crippen molar-refractivity contribution in [3.8, 4) is 0 Å². The van der Waals surface area contributed by atoms with E-state index < -0.39 is 17.1 Å². The van der Waals surface area contributed by atoms with Crippen LogP contribution in [0, 0.1) is 10.1 Å². The number of rotatable bonds is 4. The number of nitrogens with zero attached hydrogens (tertiary/aromatic N) is 1. The van der Waals surface area contributed by atoms with Gasteiger partial charge in [0, 0.05) is 28.7 Å². The number of hydrogen-bond donors (Lipinski definition) is 3. The molecule has 0 aliphatic carbocycles. The number of nitro groups is 1. The van der Waals surface area contributed by atoms with Crippen LogP contribution < -0.4 is 5.73 Å². The third-order valence-corrected chi connectivity index (χ3v) is 2.79. The summed E-state index contributed by atoms with van der Waals surface area (Å²) in [6.45, 7) is 0. The van der Waals surface area contributed by atoms with Gasteiger partial charge >= 0.3 is 0 Å². The molecule has 0 aliphatic heterocycles. The van der Waals surface area contributed by atoms with Crippen molar-refractivity contribution in [2.45, 2.75) is 12.2 Å². The van der Waals surface area contributed by atoms with Crippen molar-refractivity contribution < 1.29 is 15.1 Å². The first-order valence-corrected chi connectivity index (χ1v) is 5.55. The number of aliphatic hydroxyl groups excluding tert-OH is 2. The molecule has 6 nitrogen and oxygen atoms in total. The molecule has 1 rings (SSSR count). The van der Waals surface area contributed by atoms with Crippen LogP contribution in [0.2, 0.25) is 0 Å². The molecule has 0 heterocycles. The first-order valence-electron chi connectivity index (χ1n) is 4.43. The predicted octanol–water partition coefficient (Wildman–Crippen LogP) is 0.966. The molecule has 0 radical (unpaired) electrons. The monoisotopic (exact) mass is 290 g/mol. The number of anilines is 1. The Hall–Kier alpha value is -1.18. The molecule has 88 valence electrons. The van der Waals surface area contributed by atoms with Gasteiger partial charge in [-0.15, -0.1) is 0 Å². The molecule has 4 N–H and O–H groups in total. The van der Waals surface area contributed by atoms with Gasteiger partial charge in [-0.2, -0.15) is 0 Å².